The van der Waals surface area contributed by atoms with Gasteiger partial charge in [0.05, 0.1) is 5.56 Å². The largest absolute Gasteiger partial charge is 0.384 e. The van der Waals surface area contributed by atoms with Gasteiger partial charge in [-0.2, -0.15) is 11.8 Å². The standard InChI is InChI=1S/C15H16FNO2S/c16-14-8-13(4-3-12(14)2-1-6-18)15(19)17-9-11-5-7-20-10-11/h3-4,8,11,18H,5-7,9-10H2,(H,17,19). The maximum absolute atomic E-state index is 13.7. The molecule has 0 spiro atoms. The van der Waals surface area contributed by atoms with Crippen molar-refractivity contribution in [1.82, 2.24) is 5.32 Å². The second-order valence-electron chi connectivity index (χ2n) is 4.59. The number of thioether (sulfide) groups is 1. The summed E-state index contributed by atoms with van der Waals surface area (Å²) in [6.45, 7) is 0.320. The van der Waals surface area contributed by atoms with Gasteiger partial charge in [-0.1, -0.05) is 11.8 Å². The molecule has 1 aliphatic rings. The fourth-order valence-corrected chi connectivity index (χ4v) is 3.26. The van der Waals surface area contributed by atoms with Gasteiger partial charge >= 0.3 is 0 Å². The topological polar surface area (TPSA) is 49.3 Å². The number of aliphatic hydroxyl groups excluding tert-OH is 1. The maximum atomic E-state index is 13.7. The Hall–Kier alpha value is -1.51. The molecule has 1 aromatic rings. The van der Waals surface area contributed by atoms with Gasteiger partial charge in [0.1, 0.15) is 12.4 Å². The van der Waals surface area contributed by atoms with E-state index in [1.54, 1.807) is 6.07 Å². The van der Waals surface area contributed by atoms with Crippen molar-refractivity contribution >= 4 is 17.7 Å². The summed E-state index contributed by atoms with van der Waals surface area (Å²) in [6.07, 6.45) is 1.12. The summed E-state index contributed by atoms with van der Waals surface area (Å²) in [5, 5.41) is 11.4. The maximum Gasteiger partial charge on any atom is 0.251 e. The Bertz CT molecular complexity index is 545. The highest BCUT2D eigenvalue weighted by atomic mass is 32.2. The van der Waals surface area contributed by atoms with E-state index in [1.807, 2.05) is 11.8 Å². The Labute approximate surface area is 122 Å². The van der Waals surface area contributed by atoms with Crippen molar-refractivity contribution in [3.05, 3.63) is 35.1 Å². The summed E-state index contributed by atoms with van der Waals surface area (Å²) < 4.78 is 13.7. The van der Waals surface area contributed by atoms with Gasteiger partial charge in [0, 0.05) is 12.1 Å². The highest BCUT2D eigenvalue weighted by Crippen LogP contribution is 2.22. The quantitative estimate of drug-likeness (QED) is 0.833. The van der Waals surface area contributed by atoms with Gasteiger partial charge in [-0.3, -0.25) is 4.79 Å². The van der Waals surface area contributed by atoms with Crippen LogP contribution < -0.4 is 5.32 Å². The predicted molar refractivity (Wildman–Crippen MR) is 78.1 cm³/mol. The molecule has 0 radical (unpaired) electrons. The summed E-state index contributed by atoms with van der Waals surface area (Å²) in [4.78, 5) is 11.9. The molecule has 5 heteroatoms. The molecule has 3 nitrogen and oxygen atoms in total. The van der Waals surface area contributed by atoms with Crippen LogP contribution in [0.25, 0.3) is 0 Å². The monoisotopic (exact) mass is 293 g/mol. The third-order valence-corrected chi connectivity index (χ3v) is 4.34. The number of benzene rings is 1. The zero-order valence-corrected chi connectivity index (χ0v) is 11.8. The SMILES string of the molecule is O=C(NCC1CCSC1)c1ccc(C#CCO)c(F)c1. The molecule has 1 saturated heterocycles. The summed E-state index contributed by atoms with van der Waals surface area (Å²) in [7, 11) is 0. The number of hydrogen-bond donors (Lipinski definition) is 2. The first-order valence-corrected chi connectivity index (χ1v) is 7.61. The van der Waals surface area contributed by atoms with Crippen molar-refractivity contribution in [2.24, 2.45) is 5.92 Å². The second-order valence-corrected chi connectivity index (χ2v) is 5.74. The predicted octanol–water partition coefficient (Wildman–Crippen LogP) is 1.65. The van der Waals surface area contributed by atoms with E-state index in [4.69, 9.17) is 5.11 Å². The molecule has 2 rings (SSSR count). The van der Waals surface area contributed by atoms with E-state index >= 15 is 0 Å². The third kappa shape index (κ3) is 3.99. The van der Waals surface area contributed by atoms with E-state index in [0.717, 1.165) is 17.9 Å². The van der Waals surface area contributed by atoms with Gasteiger partial charge in [-0.15, -0.1) is 0 Å². The fraction of sp³-hybridized carbons (Fsp3) is 0.400. The number of rotatable bonds is 3. The van der Waals surface area contributed by atoms with Crippen molar-refractivity contribution in [2.45, 2.75) is 6.42 Å². The van der Waals surface area contributed by atoms with Crippen molar-refractivity contribution in [3.63, 3.8) is 0 Å². The fourth-order valence-electron chi connectivity index (χ4n) is 1.98. The Balaban J connectivity index is 1.97. The van der Waals surface area contributed by atoms with E-state index in [0.29, 0.717) is 18.0 Å². The number of nitrogens with one attached hydrogen (secondary N) is 1. The molecule has 2 N–H and O–H groups in total. The first-order chi connectivity index (χ1) is 9.70. The summed E-state index contributed by atoms with van der Waals surface area (Å²) in [5.74, 6) is 6.80. The van der Waals surface area contributed by atoms with Crippen LogP contribution in [-0.2, 0) is 0 Å². The lowest BCUT2D eigenvalue weighted by atomic mass is 10.1. The lowest BCUT2D eigenvalue weighted by Crippen LogP contribution is -2.29. The molecular weight excluding hydrogens is 277 g/mol. The zero-order valence-electron chi connectivity index (χ0n) is 11.0. The number of aliphatic hydroxyl groups is 1. The number of carbonyl (C=O) groups excluding carboxylic acids is 1. The molecule has 1 aliphatic heterocycles. The first-order valence-electron chi connectivity index (χ1n) is 6.46. The number of carbonyl (C=O) groups is 1. The minimum atomic E-state index is -0.546. The van der Waals surface area contributed by atoms with Crippen LogP contribution in [0.15, 0.2) is 18.2 Å². The molecule has 106 valence electrons. The third-order valence-electron chi connectivity index (χ3n) is 3.11. The van der Waals surface area contributed by atoms with Crippen molar-refractivity contribution < 1.29 is 14.3 Å². The molecular formula is C15H16FNO2S. The molecule has 0 saturated carbocycles. The summed E-state index contributed by atoms with van der Waals surface area (Å²) in [6, 6.07) is 4.18. The summed E-state index contributed by atoms with van der Waals surface area (Å²) in [5.41, 5.74) is 0.477. The Kier molecular flexibility index (Phi) is 5.45. The van der Waals surface area contributed by atoms with E-state index in [-0.39, 0.29) is 18.1 Å². The van der Waals surface area contributed by atoms with Crippen molar-refractivity contribution in [1.29, 1.82) is 0 Å². The molecule has 20 heavy (non-hydrogen) atoms. The van der Waals surface area contributed by atoms with Crippen LogP contribution in [0.4, 0.5) is 4.39 Å². The Morgan fingerprint density at radius 2 is 2.40 bits per heavy atom. The highest BCUT2D eigenvalue weighted by molar-refractivity contribution is 7.99. The van der Waals surface area contributed by atoms with Gasteiger partial charge in [-0.25, -0.2) is 4.39 Å². The smallest absolute Gasteiger partial charge is 0.251 e. The Morgan fingerprint density at radius 3 is 3.05 bits per heavy atom. The van der Waals surface area contributed by atoms with Crippen LogP contribution in [0.3, 0.4) is 0 Å². The van der Waals surface area contributed by atoms with Crippen LogP contribution in [0.1, 0.15) is 22.3 Å². The number of amides is 1. The minimum Gasteiger partial charge on any atom is -0.384 e. The van der Waals surface area contributed by atoms with Crippen LogP contribution in [0.2, 0.25) is 0 Å². The molecule has 0 aromatic heterocycles. The van der Waals surface area contributed by atoms with Crippen LogP contribution in [0, 0.1) is 23.6 Å². The van der Waals surface area contributed by atoms with Crippen molar-refractivity contribution in [2.75, 3.05) is 24.7 Å². The van der Waals surface area contributed by atoms with Gasteiger partial charge < -0.3 is 10.4 Å². The van der Waals surface area contributed by atoms with Crippen LogP contribution >= 0.6 is 11.8 Å². The van der Waals surface area contributed by atoms with Gasteiger partial charge in [0.15, 0.2) is 0 Å². The first kappa shape index (κ1) is 14.9. The van der Waals surface area contributed by atoms with Gasteiger partial charge in [0.25, 0.3) is 5.91 Å². The molecule has 1 heterocycles. The minimum absolute atomic E-state index is 0.183. The number of hydrogen-bond acceptors (Lipinski definition) is 3. The highest BCUT2D eigenvalue weighted by Gasteiger charge is 2.17. The second kappa shape index (κ2) is 7.32. The molecule has 0 aliphatic carbocycles. The van der Waals surface area contributed by atoms with E-state index < -0.39 is 5.82 Å². The van der Waals surface area contributed by atoms with E-state index in [9.17, 15) is 9.18 Å². The normalized spacial score (nSPS) is 17.4. The molecule has 1 fully saturated rings. The molecule has 1 amide bonds. The van der Waals surface area contributed by atoms with Crippen molar-refractivity contribution in [3.8, 4) is 11.8 Å². The average molecular weight is 293 g/mol. The lowest BCUT2D eigenvalue weighted by molar-refractivity contribution is 0.0948. The van der Waals surface area contributed by atoms with E-state index in [1.165, 1.54) is 12.1 Å². The Morgan fingerprint density at radius 1 is 1.55 bits per heavy atom. The molecule has 1 atom stereocenters. The lowest BCUT2D eigenvalue weighted by Gasteiger charge is -2.10. The van der Waals surface area contributed by atoms with Gasteiger partial charge in [-0.05, 0) is 42.0 Å². The summed E-state index contributed by atoms with van der Waals surface area (Å²) >= 11 is 1.89. The average Bonchev–Trinajstić information content (AvgIpc) is 2.96. The molecule has 0 bridgehead atoms. The zero-order chi connectivity index (χ0) is 14.4. The molecule has 1 aromatic carbocycles. The molecule has 1 unspecified atom stereocenters. The van der Waals surface area contributed by atoms with Gasteiger partial charge in [0.2, 0.25) is 0 Å². The van der Waals surface area contributed by atoms with Crippen LogP contribution in [-0.4, -0.2) is 35.7 Å². The van der Waals surface area contributed by atoms with Crippen LogP contribution in [0.5, 0.6) is 0 Å². The van der Waals surface area contributed by atoms with E-state index in [2.05, 4.69) is 17.2 Å². The number of halogens is 1.